The molecule has 5 heteroatoms. The lowest BCUT2D eigenvalue weighted by Gasteiger charge is -2.15. The van der Waals surface area contributed by atoms with Crippen LogP contribution < -0.4 is 5.32 Å². The first kappa shape index (κ1) is 13.4. The number of rotatable bonds is 4. The molecule has 0 saturated heterocycles. The van der Waals surface area contributed by atoms with Crippen molar-refractivity contribution in [1.82, 2.24) is 10.2 Å². The molecule has 0 bridgehead atoms. The van der Waals surface area contributed by atoms with Crippen LogP contribution in [0.1, 0.15) is 12.5 Å². The zero-order chi connectivity index (χ0) is 12.8. The molecule has 0 spiro atoms. The van der Waals surface area contributed by atoms with Crippen molar-refractivity contribution in [2.24, 2.45) is 0 Å². The number of nitrogens with zero attached hydrogens (tertiary/aromatic N) is 1. The second-order valence-electron chi connectivity index (χ2n) is 3.77. The van der Waals surface area contributed by atoms with Gasteiger partial charge in [0.25, 0.3) is 0 Å². The second kappa shape index (κ2) is 6.18. The molecule has 1 aromatic rings. The molecule has 0 fully saturated rings. The quantitative estimate of drug-likeness (QED) is 0.862. The Bertz CT molecular complexity index is 376. The van der Waals surface area contributed by atoms with Crippen LogP contribution in [0.4, 0.5) is 13.6 Å². The molecule has 0 radical (unpaired) electrons. The first-order chi connectivity index (χ1) is 8.02. The minimum absolute atomic E-state index is 0.190. The minimum atomic E-state index is -0.600. The third kappa shape index (κ3) is 4.38. The molecule has 0 aliphatic carbocycles. The molecule has 1 aromatic carbocycles. The summed E-state index contributed by atoms with van der Waals surface area (Å²) >= 11 is 0. The van der Waals surface area contributed by atoms with E-state index in [0.717, 1.165) is 6.07 Å². The molecule has 0 aromatic heterocycles. The number of nitrogens with one attached hydrogen (secondary N) is 1. The lowest BCUT2D eigenvalue weighted by Crippen LogP contribution is -2.37. The fourth-order valence-corrected chi connectivity index (χ4v) is 1.35. The molecule has 0 unspecified atom stereocenters. The number of urea groups is 1. The Morgan fingerprint density at radius 2 is 1.88 bits per heavy atom. The van der Waals surface area contributed by atoms with Gasteiger partial charge in [-0.15, -0.1) is 0 Å². The van der Waals surface area contributed by atoms with Crippen molar-refractivity contribution in [1.29, 1.82) is 0 Å². The predicted molar refractivity (Wildman–Crippen MR) is 61.8 cm³/mol. The van der Waals surface area contributed by atoms with Gasteiger partial charge in [-0.3, -0.25) is 0 Å². The summed E-state index contributed by atoms with van der Waals surface area (Å²) in [6, 6.07) is 3.16. The van der Waals surface area contributed by atoms with Crippen molar-refractivity contribution >= 4 is 6.03 Å². The van der Waals surface area contributed by atoms with Crippen molar-refractivity contribution in [3.05, 3.63) is 35.4 Å². The molecule has 0 aliphatic rings. The van der Waals surface area contributed by atoms with Crippen molar-refractivity contribution in [2.45, 2.75) is 13.3 Å². The first-order valence-electron chi connectivity index (χ1n) is 5.47. The van der Waals surface area contributed by atoms with Crippen LogP contribution in [0.25, 0.3) is 0 Å². The van der Waals surface area contributed by atoms with Crippen molar-refractivity contribution in [3.63, 3.8) is 0 Å². The van der Waals surface area contributed by atoms with Crippen LogP contribution >= 0.6 is 0 Å². The van der Waals surface area contributed by atoms with Crippen LogP contribution in [0.5, 0.6) is 0 Å². The van der Waals surface area contributed by atoms with Crippen LogP contribution in [0.2, 0.25) is 0 Å². The van der Waals surface area contributed by atoms with Gasteiger partial charge in [-0.2, -0.15) is 0 Å². The number of carbonyl (C=O) groups excluding carboxylic acids is 1. The Kier molecular flexibility index (Phi) is 4.87. The molecule has 94 valence electrons. The van der Waals surface area contributed by atoms with Gasteiger partial charge in [0.05, 0.1) is 0 Å². The highest BCUT2D eigenvalue weighted by Gasteiger charge is 2.05. The first-order valence-corrected chi connectivity index (χ1v) is 5.47. The Morgan fingerprint density at radius 3 is 2.41 bits per heavy atom. The van der Waals surface area contributed by atoms with E-state index in [-0.39, 0.29) is 6.03 Å². The van der Waals surface area contributed by atoms with Gasteiger partial charge in [0.15, 0.2) is 0 Å². The van der Waals surface area contributed by atoms with Gasteiger partial charge in [-0.05, 0) is 31.0 Å². The maximum absolute atomic E-state index is 12.9. The molecule has 3 nitrogen and oxygen atoms in total. The number of hydrogen-bond donors (Lipinski definition) is 1. The Hall–Kier alpha value is -1.65. The number of hydrogen-bond acceptors (Lipinski definition) is 1. The summed E-state index contributed by atoms with van der Waals surface area (Å²) in [4.78, 5) is 12.9. The molecule has 0 saturated carbocycles. The summed E-state index contributed by atoms with van der Waals surface area (Å²) in [5.41, 5.74) is 0.530. The molecule has 0 atom stereocenters. The van der Waals surface area contributed by atoms with Crippen molar-refractivity contribution in [2.75, 3.05) is 20.1 Å². The summed E-state index contributed by atoms with van der Waals surface area (Å²) in [5.74, 6) is -1.20. The average molecular weight is 242 g/mol. The van der Waals surface area contributed by atoms with Crippen LogP contribution in [0.3, 0.4) is 0 Å². The van der Waals surface area contributed by atoms with E-state index in [2.05, 4.69) is 5.32 Å². The van der Waals surface area contributed by atoms with E-state index < -0.39 is 11.6 Å². The van der Waals surface area contributed by atoms with Gasteiger partial charge in [0.2, 0.25) is 0 Å². The van der Waals surface area contributed by atoms with Gasteiger partial charge < -0.3 is 10.2 Å². The Balaban J connectivity index is 2.43. The monoisotopic (exact) mass is 242 g/mol. The van der Waals surface area contributed by atoms with E-state index in [9.17, 15) is 13.6 Å². The molecule has 2 amide bonds. The van der Waals surface area contributed by atoms with Crippen LogP contribution in [-0.2, 0) is 6.42 Å². The molecule has 0 heterocycles. The number of halogens is 2. The normalized spacial score (nSPS) is 10.1. The number of benzene rings is 1. The molecular formula is C12H16F2N2O. The summed E-state index contributed by atoms with van der Waals surface area (Å²) < 4.78 is 25.7. The van der Waals surface area contributed by atoms with Gasteiger partial charge >= 0.3 is 6.03 Å². The van der Waals surface area contributed by atoms with Gasteiger partial charge in [0.1, 0.15) is 11.6 Å². The summed E-state index contributed by atoms with van der Waals surface area (Å²) in [5, 5.41) is 2.66. The largest absolute Gasteiger partial charge is 0.338 e. The van der Waals surface area contributed by atoms with Crippen molar-refractivity contribution in [3.8, 4) is 0 Å². The van der Waals surface area contributed by atoms with E-state index in [4.69, 9.17) is 0 Å². The van der Waals surface area contributed by atoms with E-state index in [1.54, 1.807) is 7.05 Å². The molecule has 1 rings (SSSR count). The fraction of sp³-hybridized carbons (Fsp3) is 0.417. The lowest BCUT2D eigenvalue weighted by atomic mass is 10.1. The topological polar surface area (TPSA) is 32.3 Å². The van der Waals surface area contributed by atoms with E-state index in [1.165, 1.54) is 17.0 Å². The standard InChI is InChI=1S/C12H16F2N2O/c1-3-16(2)12(17)15-5-4-9-6-10(13)8-11(14)7-9/h6-8H,3-5H2,1-2H3,(H,15,17). The smallest absolute Gasteiger partial charge is 0.317 e. The summed E-state index contributed by atoms with van der Waals surface area (Å²) in [6.07, 6.45) is 0.401. The molecular weight excluding hydrogens is 226 g/mol. The van der Waals surface area contributed by atoms with Crippen LogP contribution in [0, 0.1) is 11.6 Å². The van der Waals surface area contributed by atoms with E-state index in [0.29, 0.717) is 25.1 Å². The van der Waals surface area contributed by atoms with Crippen molar-refractivity contribution < 1.29 is 13.6 Å². The summed E-state index contributed by atoms with van der Waals surface area (Å²) in [6.45, 7) is 2.83. The highest BCUT2D eigenvalue weighted by molar-refractivity contribution is 5.73. The SMILES string of the molecule is CCN(C)C(=O)NCCc1cc(F)cc(F)c1. The highest BCUT2D eigenvalue weighted by atomic mass is 19.1. The second-order valence-corrected chi connectivity index (χ2v) is 3.77. The van der Waals surface area contributed by atoms with Gasteiger partial charge in [-0.1, -0.05) is 0 Å². The number of amides is 2. The highest BCUT2D eigenvalue weighted by Crippen LogP contribution is 2.08. The molecule has 0 aliphatic heterocycles. The third-order valence-corrected chi connectivity index (χ3v) is 2.43. The Morgan fingerprint density at radius 1 is 1.29 bits per heavy atom. The third-order valence-electron chi connectivity index (χ3n) is 2.43. The predicted octanol–water partition coefficient (Wildman–Crippen LogP) is 2.17. The van der Waals surface area contributed by atoms with Gasteiger partial charge in [-0.25, -0.2) is 13.6 Å². The number of carbonyl (C=O) groups is 1. The summed E-state index contributed by atoms with van der Waals surface area (Å²) in [7, 11) is 1.68. The zero-order valence-corrected chi connectivity index (χ0v) is 9.96. The minimum Gasteiger partial charge on any atom is -0.338 e. The lowest BCUT2D eigenvalue weighted by molar-refractivity contribution is 0.211. The average Bonchev–Trinajstić information content (AvgIpc) is 2.26. The maximum Gasteiger partial charge on any atom is 0.317 e. The molecule has 17 heavy (non-hydrogen) atoms. The maximum atomic E-state index is 12.9. The van der Waals surface area contributed by atoms with Crippen LogP contribution in [0.15, 0.2) is 18.2 Å². The van der Waals surface area contributed by atoms with E-state index >= 15 is 0 Å². The van der Waals surface area contributed by atoms with Gasteiger partial charge in [0, 0.05) is 26.2 Å². The Labute approximate surface area is 99.4 Å². The zero-order valence-electron chi connectivity index (χ0n) is 9.96. The van der Waals surface area contributed by atoms with E-state index in [1.807, 2.05) is 6.92 Å². The fourth-order valence-electron chi connectivity index (χ4n) is 1.35. The van der Waals surface area contributed by atoms with Crippen LogP contribution in [-0.4, -0.2) is 31.1 Å². The molecule has 1 N–H and O–H groups in total.